The highest BCUT2D eigenvalue weighted by Gasteiger charge is 2.21. The average Bonchev–Trinajstić information content (AvgIpc) is 2.47. The van der Waals surface area contributed by atoms with Crippen molar-refractivity contribution in [2.24, 2.45) is 0 Å². The van der Waals surface area contributed by atoms with Crippen LogP contribution in [-0.4, -0.2) is 9.18 Å². The summed E-state index contributed by atoms with van der Waals surface area (Å²) in [6, 6.07) is 2.12. The maximum absolute atomic E-state index is 8.78. The van der Waals surface area contributed by atoms with Crippen molar-refractivity contribution in [3.05, 3.63) is 23.0 Å². The van der Waals surface area contributed by atoms with Gasteiger partial charge in [-0.3, -0.25) is 4.98 Å². The van der Waals surface area contributed by atoms with Crippen LogP contribution in [0, 0.1) is 18.3 Å². The van der Waals surface area contributed by atoms with Crippen LogP contribution in [0.1, 0.15) is 16.8 Å². The van der Waals surface area contributed by atoms with Crippen LogP contribution in [0.5, 0.6) is 0 Å². The fourth-order valence-corrected chi connectivity index (χ4v) is 2.63. The van der Waals surface area contributed by atoms with E-state index in [9.17, 15) is 0 Å². The molecule has 4 heteroatoms. The molecule has 1 aromatic rings. The summed E-state index contributed by atoms with van der Waals surface area (Å²) >= 11 is 6.67. The molecule has 0 N–H and O–H groups in total. The van der Waals surface area contributed by atoms with Gasteiger partial charge in [-0.05, 0) is 12.5 Å². The predicted molar refractivity (Wildman–Crippen MR) is 55.8 cm³/mol. The third kappa shape index (κ3) is 1.34. The lowest BCUT2D eigenvalue weighted by atomic mass is 10.1. The van der Waals surface area contributed by atoms with Crippen LogP contribution < -0.4 is 0 Å². The fourth-order valence-electron chi connectivity index (χ4n) is 1.30. The van der Waals surface area contributed by atoms with Crippen LogP contribution in [0.25, 0.3) is 0 Å². The summed E-state index contributed by atoms with van der Waals surface area (Å²) in [5, 5.41) is 8.78. The molecule has 0 atom stereocenters. The first-order valence-corrected chi connectivity index (χ1v) is 5.04. The van der Waals surface area contributed by atoms with Gasteiger partial charge < -0.3 is 0 Å². The third-order valence-corrected chi connectivity index (χ3v) is 3.52. The molecule has 2 heterocycles. The predicted octanol–water partition coefficient (Wildman–Crippen LogP) is 2.24. The minimum absolute atomic E-state index is 0.649. The van der Waals surface area contributed by atoms with Gasteiger partial charge in [0.15, 0.2) is 0 Å². The van der Waals surface area contributed by atoms with Crippen molar-refractivity contribution in [3.63, 3.8) is 0 Å². The van der Waals surface area contributed by atoms with Crippen LogP contribution in [0.3, 0.4) is 0 Å². The molecule has 0 aliphatic carbocycles. The molecule has 0 radical (unpaired) electrons. The molecular formula is C9H6N2S2. The Labute approximate surface area is 86.0 Å². The summed E-state index contributed by atoms with van der Waals surface area (Å²) in [6.07, 6.45) is 2.39. The second-order valence-electron chi connectivity index (χ2n) is 2.84. The van der Waals surface area contributed by atoms with Gasteiger partial charge in [-0.25, -0.2) is 0 Å². The quantitative estimate of drug-likeness (QED) is 0.610. The van der Waals surface area contributed by atoms with Gasteiger partial charge in [-0.1, -0.05) is 24.0 Å². The van der Waals surface area contributed by atoms with Gasteiger partial charge in [-0.2, -0.15) is 5.26 Å². The van der Waals surface area contributed by atoms with E-state index in [-0.39, 0.29) is 0 Å². The second kappa shape index (κ2) is 3.09. The standard InChI is InChI=1S/C9H6N2S2/c1-5-6(3-10)4-11-7-2-8(12)13-9(5)7/h4H,2H2,1H3. The molecule has 64 valence electrons. The van der Waals surface area contributed by atoms with Crippen molar-refractivity contribution in [2.75, 3.05) is 0 Å². The summed E-state index contributed by atoms with van der Waals surface area (Å²) < 4.78 is 0.945. The monoisotopic (exact) mass is 206 g/mol. The van der Waals surface area contributed by atoms with E-state index in [0.717, 1.165) is 26.8 Å². The number of thioether (sulfide) groups is 1. The Bertz CT molecular complexity index is 432. The number of thiocarbonyl (C=S) groups is 1. The molecule has 0 fully saturated rings. The van der Waals surface area contributed by atoms with Crippen LogP contribution in [0.4, 0.5) is 0 Å². The van der Waals surface area contributed by atoms with E-state index >= 15 is 0 Å². The van der Waals surface area contributed by atoms with Crippen molar-refractivity contribution in [1.29, 1.82) is 5.26 Å². The normalized spacial score (nSPS) is 14.0. The highest BCUT2D eigenvalue weighted by Crippen LogP contribution is 2.35. The third-order valence-electron chi connectivity index (χ3n) is 2.00. The number of rotatable bonds is 0. The molecule has 2 rings (SSSR count). The molecule has 1 aliphatic heterocycles. The van der Waals surface area contributed by atoms with Crippen LogP contribution in [0.15, 0.2) is 11.1 Å². The van der Waals surface area contributed by atoms with Gasteiger partial charge >= 0.3 is 0 Å². The zero-order valence-corrected chi connectivity index (χ0v) is 8.63. The summed E-state index contributed by atoms with van der Waals surface area (Å²) in [7, 11) is 0. The van der Waals surface area contributed by atoms with Gasteiger partial charge in [0.05, 0.1) is 15.5 Å². The van der Waals surface area contributed by atoms with E-state index in [4.69, 9.17) is 17.5 Å². The molecule has 13 heavy (non-hydrogen) atoms. The zero-order valence-electron chi connectivity index (χ0n) is 7.00. The Morgan fingerprint density at radius 3 is 3.15 bits per heavy atom. The first kappa shape index (κ1) is 8.67. The van der Waals surface area contributed by atoms with Crippen LogP contribution in [-0.2, 0) is 6.42 Å². The molecule has 1 aromatic heterocycles. The summed E-state index contributed by atoms with van der Waals surface area (Å²) in [5.41, 5.74) is 2.68. The topological polar surface area (TPSA) is 36.7 Å². The molecule has 1 aliphatic rings. The maximum Gasteiger partial charge on any atom is 0.101 e. The SMILES string of the molecule is Cc1c(C#N)cnc2c1SC(=S)C2. The van der Waals surface area contributed by atoms with Crippen molar-refractivity contribution in [2.45, 2.75) is 18.2 Å². The largest absolute Gasteiger partial charge is 0.258 e. The summed E-state index contributed by atoms with van der Waals surface area (Å²) in [4.78, 5) is 5.30. The molecule has 0 bridgehead atoms. The maximum atomic E-state index is 8.78. The highest BCUT2D eigenvalue weighted by molar-refractivity contribution is 8.23. The molecule has 0 saturated carbocycles. The van der Waals surface area contributed by atoms with Gasteiger partial charge in [0.2, 0.25) is 0 Å². The summed E-state index contributed by atoms with van der Waals surface area (Å²) in [6.45, 7) is 1.94. The number of pyridine rings is 1. The van der Waals surface area contributed by atoms with Crippen molar-refractivity contribution >= 4 is 28.2 Å². The minimum Gasteiger partial charge on any atom is -0.258 e. The van der Waals surface area contributed by atoms with E-state index in [1.807, 2.05) is 6.92 Å². The number of hydrogen-bond acceptors (Lipinski definition) is 4. The number of hydrogen-bond donors (Lipinski definition) is 0. The van der Waals surface area contributed by atoms with E-state index < -0.39 is 0 Å². The zero-order chi connectivity index (χ0) is 9.42. The lowest BCUT2D eigenvalue weighted by molar-refractivity contribution is 1.05. The van der Waals surface area contributed by atoms with E-state index in [2.05, 4.69) is 11.1 Å². The Hall–Kier alpha value is -0.920. The van der Waals surface area contributed by atoms with Crippen LogP contribution in [0.2, 0.25) is 0 Å². The van der Waals surface area contributed by atoms with Gasteiger partial charge in [0.25, 0.3) is 0 Å². The van der Waals surface area contributed by atoms with E-state index in [0.29, 0.717) is 5.56 Å². The van der Waals surface area contributed by atoms with Gasteiger partial charge in [-0.15, -0.1) is 0 Å². The summed E-state index contributed by atoms with van der Waals surface area (Å²) in [5.74, 6) is 0. The Morgan fingerprint density at radius 2 is 2.46 bits per heavy atom. The number of nitrogens with zero attached hydrogens (tertiary/aromatic N) is 2. The Morgan fingerprint density at radius 1 is 1.69 bits per heavy atom. The van der Waals surface area contributed by atoms with Crippen molar-refractivity contribution in [3.8, 4) is 6.07 Å². The molecular weight excluding hydrogens is 200 g/mol. The molecule has 0 aromatic carbocycles. The van der Waals surface area contributed by atoms with Gasteiger partial charge in [0, 0.05) is 17.5 Å². The molecule has 2 nitrogen and oxygen atoms in total. The van der Waals surface area contributed by atoms with Crippen molar-refractivity contribution < 1.29 is 0 Å². The number of nitriles is 1. The second-order valence-corrected chi connectivity index (χ2v) is 4.69. The van der Waals surface area contributed by atoms with E-state index in [1.165, 1.54) is 0 Å². The lowest BCUT2D eigenvalue weighted by Gasteiger charge is -2.01. The molecule has 0 spiro atoms. The molecule has 0 unspecified atom stereocenters. The Kier molecular flexibility index (Phi) is 2.06. The molecule has 0 amide bonds. The number of aromatic nitrogens is 1. The van der Waals surface area contributed by atoms with Gasteiger partial charge in [0.1, 0.15) is 6.07 Å². The van der Waals surface area contributed by atoms with E-state index in [1.54, 1.807) is 18.0 Å². The van der Waals surface area contributed by atoms with Crippen molar-refractivity contribution in [1.82, 2.24) is 4.98 Å². The minimum atomic E-state index is 0.649. The average molecular weight is 206 g/mol. The highest BCUT2D eigenvalue weighted by atomic mass is 32.2. The first-order valence-electron chi connectivity index (χ1n) is 3.81. The molecule has 0 saturated heterocycles. The number of fused-ring (bicyclic) bond motifs is 1. The lowest BCUT2D eigenvalue weighted by Crippen LogP contribution is -1.93. The first-order chi connectivity index (χ1) is 6.22. The Balaban J connectivity index is 2.62. The fraction of sp³-hybridized carbons (Fsp3) is 0.222. The smallest absolute Gasteiger partial charge is 0.101 e. The van der Waals surface area contributed by atoms with Crippen LogP contribution >= 0.6 is 24.0 Å².